The number of ketones is 1. The van der Waals surface area contributed by atoms with Crippen molar-refractivity contribution in [2.45, 2.75) is 51.5 Å². The van der Waals surface area contributed by atoms with Gasteiger partial charge in [-0.25, -0.2) is 4.79 Å². The lowest BCUT2D eigenvalue weighted by atomic mass is 9.95. The maximum atomic E-state index is 12.5. The van der Waals surface area contributed by atoms with Gasteiger partial charge in [0.15, 0.2) is 0 Å². The molecule has 1 fully saturated rings. The average molecular weight is 389 g/mol. The number of carbonyl (C=O) groups is 2. The summed E-state index contributed by atoms with van der Waals surface area (Å²) in [5.74, 6) is 0.102. The van der Waals surface area contributed by atoms with E-state index in [2.05, 4.69) is 17.4 Å². The summed E-state index contributed by atoms with van der Waals surface area (Å²) in [6, 6.07) is 3.92. The van der Waals surface area contributed by atoms with Crippen molar-refractivity contribution in [3.8, 4) is 0 Å². The number of aromatic nitrogens is 1. The number of aryl methyl sites for hydroxylation is 3. The molecule has 1 atom stereocenters. The van der Waals surface area contributed by atoms with E-state index in [1.165, 1.54) is 24.1 Å². The van der Waals surface area contributed by atoms with Gasteiger partial charge in [-0.2, -0.15) is 0 Å². The number of aliphatic hydroxyl groups is 1. The van der Waals surface area contributed by atoms with Crippen molar-refractivity contribution in [3.63, 3.8) is 0 Å². The van der Waals surface area contributed by atoms with Gasteiger partial charge in [-0.05, 0) is 57.1 Å². The smallest absolute Gasteiger partial charge is 0.317 e. The highest BCUT2D eigenvalue weighted by Gasteiger charge is 2.30. The Labute approximate surface area is 167 Å². The first-order valence-electron chi connectivity index (χ1n) is 10.4. The molecule has 7 heteroatoms. The molecule has 28 heavy (non-hydrogen) atoms. The molecule has 7 nitrogen and oxygen atoms in total. The molecule has 0 spiro atoms. The SMILES string of the molecule is CC(=O)CN1CCN(C(=O)NCCCc2ccc3c(n2)CCCC3)[C@@H](CO)C1. The van der Waals surface area contributed by atoms with E-state index in [4.69, 9.17) is 4.98 Å². The maximum Gasteiger partial charge on any atom is 0.317 e. The van der Waals surface area contributed by atoms with E-state index in [-0.39, 0.29) is 24.5 Å². The number of urea groups is 1. The Morgan fingerprint density at radius 3 is 2.86 bits per heavy atom. The highest BCUT2D eigenvalue weighted by molar-refractivity contribution is 5.78. The standard InChI is InChI=1S/C21H32N4O3/c1-16(27)13-24-11-12-25(19(14-24)15-26)21(28)22-10-4-6-18-9-8-17-5-2-3-7-20(17)23-18/h8-9,19,26H,2-7,10-15H2,1H3,(H,22,28)/t19-/m1/s1. The molecule has 3 rings (SSSR count). The van der Waals surface area contributed by atoms with Gasteiger partial charge in [-0.1, -0.05) is 6.07 Å². The lowest BCUT2D eigenvalue weighted by Gasteiger charge is -2.40. The van der Waals surface area contributed by atoms with Crippen LogP contribution in [0.4, 0.5) is 4.79 Å². The van der Waals surface area contributed by atoms with Crippen molar-refractivity contribution >= 4 is 11.8 Å². The molecule has 2 heterocycles. The molecule has 0 bridgehead atoms. The molecule has 2 amide bonds. The minimum absolute atomic E-state index is 0.0964. The number of rotatable bonds is 7. The fourth-order valence-corrected chi connectivity index (χ4v) is 4.13. The summed E-state index contributed by atoms with van der Waals surface area (Å²) in [6.45, 7) is 4.14. The zero-order valence-electron chi connectivity index (χ0n) is 16.8. The summed E-state index contributed by atoms with van der Waals surface area (Å²) in [5.41, 5.74) is 3.74. The van der Waals surface area contributed by atoms with Gasteiger partial charge in [0.05, 0.1) is 19.2 Å². The Morgan fingerprint density at radius 1 is 1.25 bits per heavy atom. The van der Waals surface area contributed by atoms with Crippen molar-refractivity contribution in [2.75, 3.05) is 39.3 Å². The number of piperazine rings is 1. The molecule has 0 unspecified atom stereocenters. The quantitative estimate of drug-likeness (QED) is 0.685. The van der Waals surface area contributed by atoms with E-state index < -0.39 is 0 Å². The predicted molar refractivity (Wildman–Crippen MR) is 107 cm³/mol. The van der Waals surface area contributed by atoms with Gasteiger partial charge in [-0.15, -0.1) is 0 Å². The summed E-state index contributed by atoms with van der Waals surface area (Å²) in [6.07, 6.45) is 6.40. The molecule has 1 aliphatic heterocycles. The molecular formula is C21H32N4O3. The first-order valence-corrected chi connectivity index (χ1v) is 10.4. The van der Waals surface area contributed by atoms with E-state index in [0.717, 1.165) is 31.4 Å². The van der Waals surface area contributed by atoms with Gasteiger partial charge in [0.1, 0.15) is 5.78 Å². The Hall–Kier alpha value is -1.99. The van der Waals surface area contributed by atoms with Gasteiger partial charge in [0.2, 0.25) is 0 Å². The van der Waals surface area contributed by atoms with E-state index in [0.29, 0.717) is 32.7 Å². The molecular weight excluding hydrogens is 356 g/mol. The first-order chi connectivity index (χ1) is 13.6. The molecule has 2 aliphatic rings. The monoisotopic (exact) mass is 388 g/mol. The van der Waals surface area contributed by atoms with Gasteiger partial charge >= 0.3 is 6.03 Å². The Morgan fingerprint density at radius 2 is 2.07 bits per heavy atom. The van der Waals surface area contributed by atoms with Crippen LogP contribution in [0.15, 0.2) is 12.1 Å². The maximum absolute atomic E-state index is 12.5. The van der Waals surface area contributed by atoms with Crippen LogP contribution in [-0.4, -0.2) is 77.1 Å². The Kier molecular flexibility index (Phi) is 7.39. The normalized spacial score (nSPS) is 19.9. The highest BCUT2D eigenvalue weighted by atomic mass is 16.3. The van der Waals surface area contributed by atoms with Crippen LogP contribution >= 0.6 is 0 Å². The molecule has 1 saturated heterocycles. The number of nitrogens with one attached hydrogen (secondary N) is 1. The van der Waals surface area contributed by atoms with Crippen LogP contribution in [0.1, 0.15) is 43.1 Å². The molecule has 154 valence electrons. The van der Waals surface area contributed by atoms with Crippen LogP contribution in [0.2, 0.25) is 0 Å². The number of hydrogen-bond acceptors (Lipinski definition) is 5. The fraction of sp³-hybridized carbons (Fsp3) is 0.667. The second kappa shape index (κ2) is 9.98. The van der Waals surface area contributed by atoms with Crippen molar-refractivity contribution in [3.05, 3.63) is 29.1 Å². The highest BCUT2D eigenvalue weighted by Crippen LogP contribution is 2.20. The third-order valence-corrected chi connectivity index (χ3v) is 5.61. The number of nitrogens with zero attached hydrogens (tertiary/aromatic N) is 3. The molecule has 1 aromatic heterocycles. The van der Waals surface area contributed by atoms with Crippen molar-refractivity contribution in [1.82, 2.24) is 20.1 Å². The van der Waals surface area contributed by atoms with Crippen LogP contribution < -0.4 is 5.32 Å². The van der Waals surface area contributed by atoms with Crippen molar-refractivity contribution < 1.29 is 14.7 Å². The summed E-state index contributed by atoms with van der Waals surface area (Å²) in [7, 11) is 0. The third-order valence-electron chi connectivity index (χ3n) is 5.61. The van der Waals surface area contributed by atoms with Crippen LogP contribution in [0.5, 0.6) is 0 Å². The number of carbonyl (C=O) groups excluding carboxylic acids is 2. The second-order valence-electron chi connectivity index (χ2n) is 7.92. The molecule has 0 saturated carbocycles. The van der Waals surface area contributed by atoms with Gasteiger partial charge in [0, 0.05) is 37.6 Å². The molecule has 0 aromatic carbocycles. The van der Waals surface area contributed by atoms with E-state index in [9.17, 15) is 14.7 Å². The number of hydrogen-bond donors (Lipinski definition) is 2. The van der Waals surface area contributed by atoms with Gasteiger partial charge in [-0.3, -0.25) is 14.7 Å². The topological polar surface area (TPSA) is 85.8 Å². The minimum Gasteiger partial charge on any atom is -0.394 e. The summed E-state index contributed by atoms with van der Waals surface area (Å²) >= 11 is 0. The van der Waals surface area contributed by atoms with Gasteiger partial charge in [0.25, 0.3) is 0 Å². The summed E-state index contributed by atoms with van der Waals surface area (Å²) in [4.78, 5) is 32.3. The first kappa shape index (κ1) is 20.7. The molecule has 1 aliphatic carbocycles. The summed E-state index contributed by atoms with van der Waals surface area (Å²) in [5, 5.41) is 12.6. The lowest BCUT2D eigenvalue weighted by molar-refractivity contribution is -0.118. The van der Waals surface area contributed by atoms with E-state index in [1.807, 2.05) is 4.90 Å². The number of pyridine rings is 1. The van der Waals surface area contributed by atoms with Crippen LogP contribution in [0.25, 0.3) is 0 Å². The van der Waals surface area contributed by atoms with Crippen LogP contribution in [0.3, 0.4) is 0 Å². The number of amides is 2. The lowest BCUT2D eigenvalue weighted by Crippen LogP contribution is -2.59. The second-order valence-corrected chi connectivity index (χ2v) is 7.92. The van der Waals surface area contributed by atoms with Crippen molar-refractivity contribution in [2.24, 2.45) is 0 Å². The Bertz CT molecular complexity index is 694. The summed E-state index contributed by atoms with van der Waals surface area (Å²) < 4.78 is 0. The van der Waals surface area contributed by atoms with Crippen molar-refractivity contribution in [1.29, 1.82) is 0 Å². The molecule has 2 N–H and O–H groups in total. The average Bonchev–Trinajstić information content (AvgIpc) is 2.70. The number of fused-ring (bicyclic) bond motifs is 1. The molecule has 1 aromatic rings. The predicted octanol–water partition coefficient (Wildman–Crippen LogP) is 1.17. The van der Waals surface area contributed by atoms with E-state index >= 15 is 0 Å². The fourth-order valence-electron chi connectivity index (χ4n) is 4.13. The zero-order chi connectivity index (χ0) is 19.9. The largest absolute Gasteiger partial charge is 0.394 e. The van der Waals surface area contributed by atoms with Gasteiger partial charge < -0.3 is 15.3 Å². The zero-order valence-corrected chi connectivity index (χ0v) is 16.8. The Balaban J connectivity index is 1.42. The minimum atomic E-state index is -0.268. The number of aliphatic hydroxyl groups excluding tert-OH is 1. The van der Waals surface area contributed by atoms with E-state index in [1.54, 1.807) is 11.8 Å². The number of Topliss-reactive ketones (excluding diaryl/α,β-unsaturated/α-hetero) is 1. The van der Waals surface area contributed by atoms with Crippen LogP contribution in [-0.2, 0) is 24.1 Å². The van der Waals surface area contributed by atoms with Crippen LogP contribution in [0, 0.1) is 0 Å². The molecule has 0 radical (unpaired) electrons. The third kappa shape index (κ3) is 5.52.